The minimum Gasteiger partial charge on any atom is -0.496 e. The van der Waals surface area contributed by atoms with Gasteiger partial charge in [-0.05, 0) is 37.6 Å². The van der Waals surface area contributed by atoms with E-state index in [-0.39, 0.29) is 17.2 Å². The molecule has 2 aromatic rings. The van der Waals surface area contributed by atoms with Crippen molar-refractivity contribution in [1.82, 2.24) is 15.0 Å². The van der Waals surface area contributed by atoms with Gasteiger partial charge in [0, 0.05) is 18.8 Å². The highest BCUT2D eigenvalue weighted by Gasteiger charge is 2.35. The maximum absolute atomic E-state index is 13.3. The molecule has 8 heteroatoms. The number of hydrogen-bond donors (Lipinski definition) is 0. The molecular weight excluding hydrogens is 370 g/mol. The fourth-order valence-electron chi connectivity index (χ4n) is 3.07. The first-order chi connectivity index (χ1) is 13.0. The molecule has 1 aromatic heterocycles. The van der Waals surface area contributed by atoms with Crippen molar-refractivity contribution in [2.24, 2.45) is 0 Å². The number of halogens is 1. The van der Waals surface area contributed by atoms with Gasteiger partial charge < -0.3 is 9.47 Å². The molecule has 1 fully saturated rings. The van der Waals surface area contributed by atoms with Gasteiger partial charge in [0.2, 0.25) is 0 Å². The highest BCUT2D eigenvalue weighted by Crippen LogP contribution is 2.37. The topological polar surface area (TPSA) is 72.0 Å². The molecule has 0 spiro atoms. The minimum atomic E-state index is -0.412. The van der Waals surface area contributed by atoms with Crippen molar-refractivity contribution in [3.05, 3.63) is 52.3 Å². The monoisotopic (exact) mass is 389 g/mol. The predicted molar refractivity (Wildman–Crippen MR) is 100 cm³/mol. The number of rotatable bonds is 4. The van der Waals surface area contributed by atoms with Crippen LogP contribution in [0.2, 0.25) is 5.02 Å². The van der Waals surface area contributed by atoms with Crippen LogP contribution in [0.4, 0.5) is 0 Å². The number of ether oxygens (including phenoxy) is 2. The Morgan fingerprint density at radius 1 is 1.04 bits per heavy atom. The summed E-state index contributed by atoms with van der Waals surface area (Å²) in [6.07, 6.45) is 0.661. The van der Waals surface area contributed by atoms with Gasteiger partial charge in [0.15, 0.2) is 5.75 Å². The smallest absolute Gasteiger partial charge is 0.291 e. The quantitative estimate of drug-likeness (QED) is 0.803. The van der Waals surface area contributed by atoms with E-state index in [9.17, 15) is 9.59 Å². The van der Waals surface area contributed by atoms with E-state index >= 15 is 0 Å². The largest absolute Gasteiger partial charge is 0.496 e. The third-order valence-electron chi connectivity index (χ3n) is 4.32. The third-order valence-corrected chi connectivity index (χ3v) is 4.61. The number of aromatic nitrogens is 1. The lowest BCUT2D eigenvalue weighted by molar-refractivity contribution is 0.0178. The molecule has 1 saturated heterocycles. The average Bonchev–Trinajstić information content (AvgIpc) is 3.16. The van der Waals surface area contributed by atoms with Crippen LogP contribution >= 0.6 is 11.6 Å². The number of nitrogens with zero attached hydrogens (tertiary/aromatic N) is 3. The summed E-state index contributed by atoms with van der Waals surface area (Å²) in [4.78, 5) is 30.4. The van der Waals surface area contributed by atoms with Crippen LogP contribution in [-0.4, -0.2) is 54.1 Å². The molecule has 0 radical (unpaired) electrons. The van der Waals surface area contributed by atoms with E-state index in [1.165, 1.54) is 24.2 Å². The summed E-state index contributed by atoms with van der Waals surface area (Å²) in [6, 6.07) is 8.41. The Morgan fingerprint density at radius 3 is 2.37 bits per heavy atom. The van der Waals surface area contributed by atoms with Gasteiger partial charge in [0.05, 0.1) is 19.2 Å². The molecule has 2 heterocycles. The lowest BCUT2D eigenvalue weighted by Crippen LogP contribution is -2.45. The molecule has 0 aliphatic carbocycles. The molecule has 0 bridgehead atoms. The lowest BCUT2D eigenvalue weighted by atomic mass is 10.1. The Labute approximate surface area is 162 Å². The number of hydrazine groups is 1. The number of methoxy groups -OCH3 is 2. The molecule has 1 aliphatic rings. The molecule has 0 unspecified atom stereocenters. The van der Waals surface area contributed by atoms with Crippen LogP contribution in [0.25, 0.3) is 0 Å². The van der Waals surface area contributed by atoms with Crippen molar-refractivity contribution >= 4 is 23.4 Å². The number of aryl methyl sites for hydroxylation is 1. The van der Waals surface area contributed by atoms with Crippen LogP contribution in [0, 0.1) is 6.92 Å². The third kappa shape index (κ3) is 3.55. The highest BCUT2D eigenvalue weighted by molar-refractivity contribution is 6.32. The van der Waals surface area contributed by atoms with Gasteiger partial charge >= 0.3 is 0 Å². The average molecular weight is 390 g/mol. The molecule has 2 amide bonds. The summed E-state index contributed by atoms with van der Waals surface area (Å²) in [5.41, 5.74) is 1.21. The zero-order valence-corrected chi connectivity index (χ0v) is 16.1. The maximum atomic E-state index is 13.3. The Balaban J connectivity index is 1.97. The molecule has 27 heavy (non-hydrogen) atoms. The zero-order chi connectivity index (χ0) is 19.6. The second-order valence-electron chi connectivity index (χ2n) is 6.03. The van der Waals surface area contributed by atoms with Crippen molar-refractivity contribution in [2.75, 3.05) is 27.3 Å². The number of amides is 2. The Bertz CT molecular complexity index is 887. The number of carbonyl (C=O) groups is 2. The van der Waals surface area contributed by atoms with Gasteiger partial charge in [-0.1, -0.05) is 17.7 Å². The summed E-state index contributed by atoms with van der Waals surface area (Å²) in [5.74, 6) is -0.197. The van der Waals surface area contributed by atoms with Crippen molar-refractivity contribution < 1.29 is 19.1 Å². The first-order valence-electron chi connectivity index (χ1n) is 8.45. The summed E-state index contributed by atoms with van der Waals surface area (Å²) in [6.45, 7) is 2.63. The molecule has 0 N–H and O–H groups in total. The summed E-state index contributed by atoms with van der Waals surface area (Å²) in [5, 5.41) is 3.09. The molecule has 142 valence electrons. The van der Waals surface area contributed by atoms with Gasteiger partial charge in [0.25, 0.3) is 11.8 Å². The number of carbonyl (C=O) groups excluding carboxylic acids is 2. The van der Waals surface area contributed by atoms with E-state index < -0.39 is 5.91 Å². The van der Waals surface area contributed by atoms with Crippen LogP contribution in [0.3, 0.4) is 0 Å². The van der Waals surface area contributed by atoms with E-state index in [4.69, 9.17) is 21.1 Å². The van der Waals surface area contributed by atoms with Gasteiger partial charge in [-0.15, -0.1) is 0 Å². The van der Waals surface area contributed by atoms with Gasteiger partial charge in [0.1, 0.15) is 17.0 Å². The standard InChI is InChI=1S/C19H20ClN3O4/c1-12-6-4-7-14(21-12)18(24)22-10-5-11-23(22)19(25)16-15(26-2)9-8-13(20)17(16)27-3/h4,6-9H,5,10-11H2,1-3H3. The van der Waals surface area contributed by atoms with Crippen molar-refractivity contribution in [3.8, 4) is 11.5 Å². The summed E-state index contributed by atoms with van der Waals surface area (Å²) in [7, 11) is 2.89. The maximum Gasteiger partial charge on any atom is 0.291 e. The predicted octanol–water partition coefficient (Wildman–Crippen LogP) is 2.96. The molecular formula is C19H20ClN3O4. The Hall–Kier alpha value is -2.80. The normalized spacial score (nSPS) is 13.6. The number of pyridine rings is 1. The van der Waals surface area contributed by atoms with Crippen molar-refractivity contribution in [2.45, 2.75) is 13.3 Å². The first kappa shape index (κ1) is 19.0. The van der Waals surface area contributed by atoms with Gasteiger partial charge in [-0.3, -0.25) is 9.59 Å². The fourth-order valence-corrected chi connectivity index (χ4v) is 3.30. The Morgan fingerprint density at radius 2 is 1.74 bits per heavy atom. The Kier molecular flexibility index (Phi) is 5.51. The van der Waals surface area contributed by atoms with E-state index in [0.29, 0.717) is 36.0 Å². The van der Waals surface area contributed by atoms with Gasteiger partial charge in [-0.25, -0.2) is 15.0 Å². The van der Waals surface area contributed by atoms with Crippen LogP contribution in [-0.2, 0) is 0 Å². The highest BCUT2D eigenvalue weighted by atomic mass is 35.5. The molecule has 1 aliphatic heterocycles. The van der Waals surface area contributed by atoms with Crippen molar-refractivity contribution in [3.63, 3.8) is 0 Å². The molecule has 3 rings (SSSR count). The van der Waals surface area contributed by atoms with Crippen LogP contribution in [0.5, 0.6) is 11.5 Å². The minimum absolute atomic E-state index is 0.185. The zero-order valence-electron chi connectivity index (χ0n) is 15.4. The summed E-state index contributed by atoms with van der Waals surface area (Å²) < 4.78 is 10.6. The lowest BCUT2D eigenvalue weighted by Gasteiger charge is -2.28. The van der Waals surface area contributed by atoms with E-state index in [1.54, 1.807) is 24.3 Å². The fraction of sp³-hybridized carbons (Fsp3) is 0.316. The second kappa shape index (κ2) is 7.84. The van der Waals surface area contributed by atoms with Crippen LogP contribution < -0.4 is 9.47 Å². The van der Waals surface area contributed by atoms with Crippen molar-refractivity contribution in [1.29, 1.82) is 0 Å². The molecule has 7 nitrogen and oxygen atoms in total. The molecule has 1 aromatic carbocycles. The number of hydrogen-bond acceptors (Lipinski definition) is 5. The molecule has 0 atom stereocenters. The summed E-state index contributed by atoms with van der Waals surface area (Å²) >= 11 is 6.18. The molecule has 0 saturated carbocycles. The number of benzene rings is 1. The van der Waals surface area contributed by atoms with E-state index in [1.807, 2.05) is 13.0 Å². The SMILES string of the molecule is COc1ccc(Cl)c(OC)c1C(=O)N1CCCN1C(=O)c1cccc(C)n1. The van der Waals surface area contributed by atoms with Gasteiger partial charge in [-0.2, -0.15) is 0 Å². The van der Waals surface area contributed by atoms with E-state index in [2.05, 4.69) is 4.98 Å². The van der Waals surface area contributed by atoms with Crippen LogP contribution in [0.1, 0.15) is 33.0 Å². The van der Waals surface area contributed by atoms with Crippen LogP contribution in [0.15, 0.2) is 30.3 Å². The first-order valence-corrected chi connectivity index (χ1v) is 8.83. The van der Waals surface area contributed by atoms with E-state index in [0.717, 1.165) is 5.69 Å². The second-order valence-corrected chi connectivity index (χ2v) is 6.44.